The summed E-state index contributed by atoms with van der Waals surface area (Å²) in [6.07, 6.45) is 3.53. The molecule has 0 bridgehead atoms. The highest BCUT2D eigenvalue weighted by molar-refractivity contribution is 5.79. The van der Waals surface area contributed by atoms with Gasteiger partial charge in [0.05, 0.1) is 13.7 Å². The van der Waals surface area contributed by atoms with Gasteiger partial charge in [0, 0.05) is 32.2 Å². The summed E-state index contributed by atoms with van der Waals surface area (Å²) < 4.78 is 16.7. The number of rotatable bonds is 11. The number of hydrogen-bond acceptors (Lipinski definition) is 5. The fourth-order valence-corrected chi connectivity index (χ4v) is 3.41. The van der Waals surface area contributed by atoms with Crippen LogP contribution in [0.15, 0.2) is 18.2 Å². The SMILES string of the molecule is CCCOc1ccc(CN(CCCN(C)C)C(=O)C2CCOCC2)cc1OC. The van der Waals surface area contributed by atoms with Gasteiger partial charge in [-0.3, -0.25) is 4.79 Å². The average Bonchev–Trinajstić information content (AvgIpc) is 2.71. The standard InChI is InChI=1S/C22H36N2O4/c1-5-13-28-20-8-7-18(16-21(20)26-4)17-24(12-6-11-23(2)3)22(25)19-9-14-27-15-10-19/h7-8,16,19H,5-6,9-15,17H2,1-4H3. The van der Waals surface area contributed by atoms with E-state index in [9.17, 15) is 4.79 Å². The summed E-state index contributed by atoms with van der Waals surface area (Å²) in [5, 5.41) is 0. The number of ether oxygens (including phenoxy) is 3. The number of carbonyl (C=O) groups is 1. The Kier molecular flexibility index (Phi) is 9.58. The fourth-order valence-electron chi connectivity index (χ4n) is 3.41. The maximum absolute atomic E-state index is 13.1. The molecule has 1 aliphatic rings. The Morgan fingerprint density at radius 3 is 2.57 bits per heavy atom. The molecule has 28 heavy (non-hydrogen) atoms. The Labute approximate surface area is 169 Å². The van der Waals surface area contributed by atoms with Crippen molar-refractivity contribution in [1.82, 2.24) is 9.80 Å². The second-order valence-electron chi connectivity index (χ2n) is 7.64. The molecule has 158 valence electrons. The van der Waals surface area contributed by atoms with E-state index in [2.05, 4.69) is 25.9 Å². The van der Waals surface area contributed by atoms with Gasteiger partial charge in [0.25, 0.3) is 0 Å². The molecular weight excluding hydrogens is 356 g/mol. The van der Waals surface area contributed by atoms with Crippen molar-refractivity contribution in [3.8, 4) is 11.5 Å². The number of nitrogens with zero attached hydrogens (tertiary/aromatic N) is 2. The number of benzene rings is 1. The molecule has 1 aromatic rings. The van der Waals surface area contributed by atoms with E-state index in [1.807, 2.05) is 23.1 Å². The van der Waals surface area contributed by atoms with E-state index in [4.69, 9.17) is 14.2 Å². The maximum atomic E-state index is 13.1. The van der Waals surface area contributed by atoms with Crippen molar-refractivity contribution in [2.24, 2.45) is 5.92 Å². The molecular formula is C22H36N2O4. The molecule has 1 aliphatic heterocycles. The molecule has 0 radical (unpaired) electrons. The lowest BCUT2D eigenvalue weighted by atomic mass is 9.98. The monoisotopic (exact) mass is 392 g/mol. The van der Waals surface area contributed by atoms with Crippen LogP contribution in [0.3, 0.4) is 0 Å². The maximum Gasteiger partial charge on any atom is 0.226 e. The lowest BCUT2D eigenvalue weighted by Gasteiger charge is -2.30. The van der Waals surface area contributed by atoms with E-state index in [1.165, 1.54) is 0 Å². The van der Waals surface area contributed by atoms with Crippen molar-refractivity contribution in [2.45, 2.75) is 39.2 Å². The van der Waals surface area contributed by atoms with Gasteiger partial charge < -0.3 is 24.0 Å². The second-order valence-corrected chi connectivity index (χ2v) is 7.64. The van der Waals surface area contributed by atoms with E-state index < -0.39 is 0 Å². The Hall–Kier alpha value is -1.79. The first-order valence-corrected chi connectivity index (χ1v) is 10.4. The Morgan fingerprint density at radius 1 is 1.18 bits per heavy atom. The van der Waals surface area contributed by atoms with Gasteiger partial charge in [0.1, 0.15) is 0 Å². The van der Waals surface area contributed by atoms with Gasteiger partial charge in [-0.1, -0.05) is 13.0 Å². The molecule has 6 nitrogen and oxygen atoms in total. The van der Waals surface area contributed by atoms with Gasteiger partial charge in [0.15, 0.2) is 11.5 Å². The zero-order valence-electron chi connectivity index (χ0n) is 17.9. The van der Waals surface area contributed by atoms with Crippen LogP contribution in [-0.4, -0.2) is 69.8 Å². The van der Waals surface area contributed by atoms with E-state index in [0.29, 0.717) is 26.4 Å². The topological polar surface area (TPSA) is 51.2 Å². The molecule has 1 saturated heterocycles. The third-order valence-corrected chi connectivity index (χ3v) is 4.98. The van der Waals surface area contributed by atoms with Crippen LogP contribution in [-0.2, 0) is 16.1 Å². The van der Waals surface area contributed by atoms with Crippen LogP contribution < -0.4 is 9.47 Å². The van der Waals surface area contributed by atoms with Crippen LogP contribution in [0.1, 0.15) is 38.2 Å². The van der Waals surface area contributed by atoms with Crippen LogP contribution in [0.4, 0.5) is 0 Å². The van der Waals surface area contributed by atoms with Crippen LogP contribution in [0.25, 0.3) is 0 Å². The van der Waals surface area contributed by atoms with Gasteiger partial charge in [-0.05, 0) is 64.0 Å². The summed E-state index contributed by atoms with van der Waals surface area (Å²) in [6, 6.07) is 5.96. The summed E-state index contributed by atoms with van der Waals surface area (Å²) in [7, 11) is 5.77. The quantitative estimate of drug-likeness (QED) is 0.579. The van der Waals surface area contributed by atoms with Gasteiger partial charge in [-0.25, -0.2) is 0 Å². The molecule has 1 amide bonds. The molecule has 0 aliphatic carbocycles. The third-order valence-electron chi connectivity index (χ3n) is 4.98. The first-order chi connectivity index (χ1) is 13.5. The number of methoxy groups -OCH3 is 1. The lowest BCUT2D eigenvalue weighted by Crippen LogP contribution is -2.39. The molecule has 0 atom stereocenters. The Balaban J connectivity index is 2.10. The van der Waals surface area contributed by atoms with E-state index >= 15 is 0 Å². The van der Waals surface area contributed by atoms with Crippen LogP contribution >= 0.6 is 0 Å². The fraction of sp³-hybridized carbons (Fsp3) is 0.682. The molecule has 0 unspecified atom stereocenters. The van der Waals surface area contributed by atoms with Gasteiger partial charge in [0.2, 0.25) is 5.91 Å². The number of amides is 1. The van der Waals surface area contributed by atoms with Gasteiger partial charge in [-0.2, -0.15) is 0 Å². The first kappa shape index (κ1) is 22.5. The molecule has 2 rings (SSSR count). The summed E-state index contributed by atoms with van der Waals surface area (Å²) in [5.41, 5.74) is 1.06. The predicted octanol–water partition coefficient (Wildman–Crippen LogP) is 3.19. The Bertz CT molecular complexity index is 600. The molecule has 1 heterocycles. The van der Waals surface area contributed by atoms with Crippen LogP contribution in [0, 0.1) is 5.92 Å². The molecule has 1 fully saturated rings. The second kappa shape index (κ2) is 11.9. The minimum atomic E-state index is 0.0714. The smallest absolute Gasteiger partial charge is 0.226 e. The van der Waals surface area contributed by atoms with Crippen LogP contribution in [0.5, 0.6) is 11.5 Å². The predicted molar refractivity (Wildman–Crippen MR) is 111 cm³/mol. The zero-order chi connectivity index (χ0) is 20.4. The summed E-state index contributed by atoms with van der Waals surface area (Å²) in [6.45, 7) is 6.41. The van der Waals surface area contributed by atoms with E-state index in [1.54, 1.807) is 7.11 Å². The van der Waals surface area contributed by atoms with E-state index in [-0.39, 0.29) is 11.8 Å². The van der Waals surface area contributed by atoms with Crippen LogP contribution in [0.2, 0.25) is 0 Å². The highest BCUT2D eigenvalue weighted by Crippen LogP contribution is 2.29. The average molecular weight is 393 g/mol. The lowest BCUT2D eigenvalue weighted by molar-refractivity contribution is -0.139. The molecule has 1 aromatic carbocycles. The molecule has 0 aromatic heterocycles. The highest BCUT2D eigenvalue weighted by Gasteiger charge is 2.26. The van der Waals surface area contributed by atoms with Gasteiger partial charge in [-0.15, -0.1) is 0 Å². The molecule has 0 spiro atoms. The summed E-state index contributed by atoms with van der Waals surface area (Å²) in [4.78, 5) is 17.3. The van der Waals surface area contributed by atoms with Gasteiger partial charge >= 0.3 is 0 Å². The van der Waals surface area contributed by atoms with Crippen molar-refractivity contribution in [3.63, 3.8) is 0 Å². The van der Waals surface area contributed by atoms with Crippen molar-refractivity contribution in [3.05, 3.63) is 23.8 Å². The molecule has 0 saturated carbocycles. The molecule has 6 heteroatoms. The number of hydrogen-bond donors (Lipinski definition) is 0. The van der Waals surface area contributed by atoms with Crippen molar-refractivity contribution >= 4 is 5.91 Å². The largest absolute Gasteiger partial charge is 0.493 e. The minimum absolute atomic E-state index is 0.0714. The Morgan fingerprint density at radius 2 is 1.93 bits per heavy atom. The van der Waals surface area contributed by atoms with Crippen molar-refractivity contribution in [2.75, 3.05) is 54.1 Å². The highest BCUT2D eigenvalue weighted by atomic mass is 16.5. The summed E-state index contributed by atoms with van der Waals surface area (Å²) >= 11 is 0. The summed E-state index contributed by atoms with van der Waals surface area (Å²) in [5.74, 6) is 1.79. The molecule has 0 N–H and O–H groups in total. The van der Waals surface area contributed by atoms with Crippen molar-refractivity contribution in [1.29, 1.82) is 0 Å². The van der Waals surface area contributed by atoms with Crippen molar-refractivity contribution < 1.29 is 19.0 Å². The number of carbonyl (C=O) groups excluding carboxylic acids is 1. The third kappa shape index (κ3) is 6.99. The van der Waals surface area contributed by atoms with E-state index in [0.717, 1.165) is 55.8 Å². The minimum Gasteiger partial charge on any atom is -0.493 e. The first-order valence-electron chi connectivity index (χ1n) is 10.4. The zero-order valence-corrected chi connectivity index (χ0v) is 17.9. The normalized spacial score (nSPS) is 14.9.